The van der Waals surface area contributed by atoms with Gasteiger partial charge in [-0.15, -0.1) is 0 Å². The maximum Gasteiger partial charge on any atom is 0.189 e. The summed E-state index contributed by atoms with van der Waals surface area (Å²) in [6.07, 6.45) is 1.09. The minimum atomic E-state index is 0.353. The third-order valence-electron chi connectivity index (χ3n) is 1.50. The summed E-state index contributed by atoms with van der Waals surface area (Å²) in [7, 11) is 0. The molecule has 0 aliphatic heterocycles. The number of hydrogen-bond donors (Lipinski definition) is 1. The topological polar surface area (TPSA) is 51.8 Å². The monoisotopic (exact) mass is 217 g/mol. The zero-order valence-electron chi connectivity index (χ0n) is 7.67. The van der Waals surface area contributed by atoms with Gasteiger partial charge in [-0.3, -0.25) is 0 Å². The highest BCUT2D eigenvalue weighted by Crippen LogP contribution is 2.23. The lowest BCUT2D eigenvalue weighted by molar-refractivity contribution is 0.934. The van der Waals surface area contributed by atoms with Gasteiger partial charge in [0.2, 0.25) is 0 Å². The minimum absolute atomic E-state index is 0.353. The average Bonchev–Trinajstić information content (AvgIpc) is 2.10. The summed E-state index contributed by atoms with van der Waals surface area (Å²) in [5.74, 6) is 1.000. The highest BCUT2D eigenvalue weighted by molar-refractivity contribution is 7.99. The van der Waals surface area contributed by atoms with Crippen molar-refractivity contribution in [2.24, 2.45) is 0 Å². The van der Waals surface area contributed by atoms with Crippen molar-refractivity contribution in [2.75, 3.05) is 11.5 Å². The van der Waals surface area contributed by atoms with Gasteiger partial charge in [0.25, 0.3) is 0 Å². The molecule has 1 heterocycles. The van der Waals surface area contributed by atoms with E-state index in [-0.39, 0.29) is 0 Å². The molecule has 2 N–H and O–H groups in total. The Morgan fingerprint density at radius 2 is 2.15 bits per heavy atom. The Bertz CT molecular complexity index is 280. The van der Waals surface area contributed by atoms with Crippen LogP contribution in [0.4, 0.5) is 5.69 Å². The molecule has 0 spiro atoms. The van der Waals surface area contributed by atoms with Crippen LogP contribution in [-0.2, 0) is 0 Å². The van der Waals surface area contributed by atoms with Gasteiger partial charge >= 0.3 is 0 Å². The van der Waals surface area contributed by atoms with Gasteiger partial charge < -0.3 is 5.73 Å². The minimum Gasteiger partial charge on any atom is -0.395 e. The van der Waals surface area contributed by atoms with Crippen LogP contribution in [0.1, 0.15) is 19.0 Å². The van der Waals surface area contributed by atoms with E-state index in [1.54, 1.807) is 11.8 Å². The highest BCUT2D eigenvalue weighted by atomic mass is 35.5. The summed E-state index contributed by atoms with van der Waals surface area (Å²) < 4.78 is 0. The number of aromatic nitrogens is 2. The maximum absolute atomic E-state index is 5.81. The Labute approximate surface area is 87.1 Å². The number of anilines is 1. The van der Waals surface area contributed by atoms with Crippen LogP contribution < -0.4 is 5.73 Å². The van der Waals surface area contributed by atoms with E-state index in [0.29, 0.717) is 16.0 Å². The maximum atomic E-state index is 5.81. The second-order valence-corrected chi connectivity index (χ2v) is 4.06. The van der Waals surface area contributed by atoms with Crippen molar-refractivity contribution in [1.82, 2.24) is 9.97 Å². The van der Waals surface area contributed by atoms with E-state index >= 15 is 0 Å². The normalized spacial score (nSPS) is 10.4. The fourth-order valence-corrected chi connectivity index (χ4v) is 1.79. The van der Waals surface area contributed by atoms with E-state index < -0.39 is 0 Å². The summed E-state index contributed by atoms with van der Waals surface area (Å²) in [6, 6.07) is 0. The van der Waals surface area contributed by atoms with Crippen molar-refractivity contribution in [2.45, 2.75) is 25.4 Å². The molecule has 0 saturated heterocycles. The Morgan fingerprint density at radius 1 is 1.46 bits per heavy atom. The quantitative estimate of drug-likeness (QED) is 0.480. The number of halogens is 1. The average molecular weight is 218 g/mol. The molecule has 0 saturated carbocycles. The molecule has 0 aliphatic rings. The summed E-state index contributed by atoms with van der Waals surface area (Å²) in [5.41, 5.74) is 6.84. The van der Waals surface area contributed by atoms with Gasteiger partial charge in [0.1, 0.15) is 0 Å². The van der Waals surface area contributed by atoms with Crippen molar-refractivity contribution in [1.29, 1.82) is 0 Å². The first-order chi connectivity index (χ1) is 6.15. The van der Waals surface area contributed by atoms with Crippen molar-refractivity contribution < 1.29 is 0 Å². The zero-order valence-corrected chi connectivity index (χ0v) is 9.24. The summed E-state index contributed by atoms with van der Waals surface area (Å²) in [5, 5.41) is 1.06. The first kappa shape index (κ1) is 10.6. The van der Waals surface area contributed by atoms with Crippen LogP contribution in [0.2, 0.25) is 5.15 Å². The molecule has 1 aromatic rings. The number of nitrogens with two attached hydrogens (primary N) is 1. The van der Waals surface area contributed by atoms with Crippen molar-refractivity contribution >= 4 is 29.1 Å². The van der Waals surface area contributed by atoms with E-state index in [4.69, 9.17) is 17.3 Å². The predicted octanol–water partition coefficient (Wildman–Crippen LogP) is 2.52. The number of thioether (sulfide) groups is 1. The third-order valence-corrected chi connectivity index (χ3v) is 2.85. The molecule has 0 unspecified atom stereocenters. The first-order valence-electron chi connectivity index (χ1n) is 4.07. The molecule has 0 radical (unpaired) electrons. The van der Waals surface area contributed by atoms with Gasteiger partial charge in [-0.1, -0.05) is 30.3 Å². The molecule has 13 heavy (non-hydrogen) atoms. The van der Waals surface area contributed by atoms with Gasteiger partial charge in [-0.25, -0.2) is 9.97 Å². The Kier molecular flexibility index (Phi) is 3.81. The van der Waals surface area contributed by atoms with Crippen molar-refractivity contribution in [3.05, 3.63) is 10.8 Å². The standard InChI is InChI=1S/C8H12ClN3S/c1-3-4-13-8-11-5(2)6(10)7(9)12-8/h3-4,10H2,1-2H3. The Morgan fingerprint density at radius 3 is 2.69 bits per heavy atom. The van der Waals surface area contributed by atoms with Gasteiger partial charge in [-0.05, 0) is 13.3 Å². The van der Waals surface area contributed by atoms with Crippen LogP contribution in [-0.4, -0.2) is 15.7 Å². The van der Waals surface area contributed by atoms with Gasteiger partial charge in [0.05, 0.1) is 11.4 Å². The molecule has 5 heteroatoms. The fourth-order valence-electron chi connectivity index (χ4n) is 0.780. The lowest BCUT2D eigenvalue weighted by Gasteiger charge is -2.04. The molecular formula is C8H12ClN3S. The van der Waals surface area contributed by atoms with Gasteiger partial charge in [-0.2, -0.15) is 0 Å². The van der Waals surface area contributed by atoms with Crippen LogP contribution in [0.25, 0.3) is 0 Å². The number of rotatable bonds is 3. The van der Waals surface area contributed by atoms with Crippen molar-refractivity contribution in [3.8, 4) is 0 Å². The highest BCUT2D eigenvalue weighted by Gasteiger charge is 2.06. The second-order valence-electron chi connectivity index (χ2n) is 2.64. The van der Waals surface area contributed by atoms with Crippen molar-refractivity contribution in [3.63, 3.8) is 0 Å². The Hall–Kier alpha value is -0.480. The SMILES string of the molecule is CCCSc1nc(C)c(N)c(Cl)n1. The molecule has 72 valence electrons. The van der Waals surface area contributed by atoms with Gasteiger partial charge in [0, 0.05) is 5.75 Å². The van der Waals surface area contributed by atoms with E-state index in [2.05, 4.69) is 16.9 Å². The van der Waals surface area contributed by atoms with Crippen LogP contribution in [0, 0.1) is 6.92 Å². The van der Waals surface area contributed by atoms with Gasteiger partial charge in [0.15, 0.2) is 10.3 Å². The smallest absolute Gasteiger partial charge is 0.189 e. The van der Waals surface area contributed by atoms with Crippen LogP contribution in [0.5, 0.6) is 0 Å². The first-order valence-corrected chi connectivity index (χ1v) is 5.44. The Balaban J connectivity index is 2.86. The molecule has 0 bridgehead atoms. The number of aryl methyl sites for hydroxylation is 1. The van der Waals surface area contributed by atoms with Crippen LogP contribution in [0.15, 0.2) is 5.16 Å². The van der Waals surface area contributed by atoms with Crippen LogP contribution >= 0.6 is 23.4 Å². The predicted molar refractivity (Wildman–Crippen MR) is 57.2 cm³/mol. The molecule has 0 fully saturated rings. The summed E-state index contributed by atoms with van der Waals surface area (Å²) in [4.78, 5) is 8.28. The molecule has 3 nitrogen and oxygen atoms in total. The molecule has 0 atom stereocenters. The molecule has 0 amide bonds. The second kappa shape index (κ2) is 4.67. The fraction of sp³-hybridized carbons (Fsp3) is 0.500. The number of nitrogen functional groups attached to an aromatic ring is 1. The summed E-state index contributed by atoms with van der Waals surface area (Å²) in [6.45, 7) is 3.94. The number of nitrogens with zero attached hydrogens (tertiary/aromatic N) is 2. The van der Waals surface area contributed by atoms with Crippen LogP contribution in [0.3, 0.4) is 0 Å². The largest absolute Gasteiger partial charge is 0.395 e. The van der Waals surface area contributed by atoms with E-state index in [1.165, 1.54) is 0 Å². The molecule has 1 aromatic heterocycles. The zero-order chi connectivity index (χ0) is 9.84. The summed E-state index contributed by atoms with van der Waals surface area (Å²) >= 11 is 7.40. The lowest BCUT2D eigenvalue weighted by Crippen LogP contribution is -1.99. The number of hydrogen-bond acceptors (Lipinski definition) is 4. The van der Waals surface area contributed by atoms with E-state index in [9.17, 15) is 0 Å². The lowest BCUT2D eigenvalue weighted by atomic mass is 10.4. The molecule has 0 aliphatic carbocycles. The molecule has 0 aromatic carbocycles. The molecule has 1 rings (SSSR count). The van der Waals surface area contributed by atoms with E-state index in [1.807, 2.05) is 6.92 Å². The molecular weight excluding hydrogens is 206 g/mol. The van der Waals surface area contributed by atoms with E-state index in [0.717, 1.165) is 17.9 Å². The third kappa shape index (κ3) is 2.74.